The van der Waals surface area contributed by atoms with Crippen LogP contribution in [0.2, 0.25) is 5.02 Å². The number of fused-ring (bicyclic) bond motifs is 1. The Kier molecular flexibility index (Phi) is 2.46. The number of aromatic nitrogens is 2. The molecule has 3 rings (SSSR count). The maximum absolute atomic E-state index is 12.0. The van der Waals surface area contributed by atoms with Crippen LogP contribution < -0.4 is 4.87 Å². The number of halogens is 1. The molecule has 84 valence electrons. The van der Waals surface area contributed by atoms with Crippen molar-refractivity contribution in [1.82, 2.24) is 9.55 Å². The molecule has 0 fully saturated rings. The van der Waals surface area contributed by atoms with Crippen molar-refractivity contribution in [3.63, 3.8) is 0 Å². The van der Waals surface area contributed by atoms with Gasteiger partial charge in [-0.25, -0.2) is 0 Å². The summed E-state index contributed by atoms with van der Waals surface area (Å²) in [5.41, 5.74) is 1.64. The lowest BCUT2D eigenvalue weighted by Crippen LogP contribution is -2.09. The quantitative estimate of drug-likeness (QED) is 0.675. The average Bonchev–Trinajstić information content (AvgIpc) is 2.65. The van der Waals surface area contributed by atoms with Gasteiger partial charge in [-0.15, -0.1) is 0 Å². The van der Waals surface area contributed by atoms with Crippen molar-refractivity contribution < 1.29 is 0 Å². The van der Waals surface area contributed by atoms with Gasteiger partial charge in [-0.05, 0) is 30.3 Å². The summed E-state index contributed by atoms with van der Waals surface area (Å²) in [6, 6.07) is 9.05. The zero-order valence-corrected chi connectivity index (χ0v) is 10.2. The molecule has 0 bridgehead atoms. The first-order valence-corrected chi connectivity index (χ1v) is 6.17. The predicted molar refractivity (Wildman–Crippen MR) is 70.2 cm³/mol. The fourth-order valence-electron chi connectivity index (χ4n) is 1.73. The lowest BCUT2D eigenvalue weighted by atomic mass is 10.3. The molecule has 2 aromatic heterocycles. The molecule has 0 aliphatic rings. The van der Waals surface area contributed by atoms with Crippen LogP contribution in [0, 0.1) is 0 Å². The van der Waals surface area contributed by atoms with Crippen LogP contribution in [0.3, 0.4) is 0 Å². The number of benzene rings is 1. The second kappa shape index (κ2) is 3.98. The van der Waals surface area contributed by atoms with Gasteiger partial charge in [0.15, 0.2) is 0 Å². The van der Waals surface area contributed by atoms with E-state index in [1.807, 2.05) is 6.07 Å². The smallest absolute Gasteiger partial charge is 0.267 e. The fourth-order valence-corrected chi connectivity index (χ4v) is 2.77. The maximum atomic E-state index is 12.0. The van der Waals surface area contributed by atoms with Crippen LogP contribution in [-0.2, 0) is 0 Å². The Balaban J connectivity index is 2.40. The van der Waals surface area contributed by atoms with Crippen molar-refractivity contribution in [2.75, 3.05) is 0 Å². The number of hydrogen-bond donors (Lipinski definition) is 0. The molecule has 0 saturated heterocycles. The molecule has 0 unspecified atom stereocenters. The highest BCUT2D eigenvalue weighted by Gasteiger charge is 2.09. The molecular weight excluding hydrogens is 256 g/mol. The van der Waals surface area contributed by atoms with Crippen LogP contribution in [-0.4, -0.2) is 9.55 Å². The molecule has 3 aromatic rings. The first-order valence-electron chi connectivity index (χ1n) is 4.97. The van der Waals surface area contributed by atoms with E-state index in [0.717, 1.165) is 15.9 Å². The zero-order valence-electron chi connectivity index (χ0n) is 8.63. The van der Waals surface area contributed by atoms with E-state index in [1.54, 1.807) is 41.2 Å². The molecule has 0 atom stereocenters. The van der Waals surface area contributed by atoms with Crippen molar-refractivity contribution in [3.8, 4) is 5.69 Å². The van der Waals surface area contributed by atoms with Gasteiger partial charge in [0, 0.05) is 17.4 Å². The molecule has 0 amide bonds. The van der Waals surface area contributed by atoms with Gasteiger partial charge < -0.3 is 0 Å². The third-order valence-electron chi connectivity index (χ3n) is 2.46. The molecular formula is C12H7ClN2OS. The number of thiazole rings is 1. The van der Waals surface area contributed by atoms with Gasteiger partial charge in [-0.1, -0.05) is 22.9 Å². The zero-order chi connectivity index (χ0) is 11.8. The molecule has 0 radical (unpaired) electrons. The van der Waals surface area contributed by atoms with Crippen molar-refractivity contribution >= 4 is 33.2 Å². The Morgan fingerprint density at radius 3 is 2.71 bits per heavy atom. The molecule has 0 aliphatic heterocycles. The van der Waals surface area contributed by atoms with Crippen LogP contribution >= 0.6 is 22.9 Å². The maximum Gasteiger partial charge on any atom is 0.312 e. The summed E-state index contributed by atoms with van der Waals surface area (Å²) in [7, 11) is 0. The molecule has 1 aromatic carbocycles. The van der Waals surface area contributed by atoms with Gasteiger partial charge in [-0.3, -0.25) is 14.3 Å². The van der Waals surface area contributed by atoms with E-state index in [4.69, 9.17) is 11.6 Å². The van der Waals surface area contributed by atoms with Crippen molar-refractivity contribution in [2.45, 2.75) is 0 Å². The van der Waals surface area contributed by atoms with Crippen LogP contribution in [0.1, 0.15) is 0 Å². The number of rotatable bonds is 1. The normalized spacial score (nSPS) is 10.9. The van der Waals surface area contributed by atoms with E-state index in [2.05, 4.69) is 4.98 Å². The predicted octanol–water partition coefficient (Wildman–Crippen LogP) is 3.10. The van der Waals surface area contributed by atoms with E-state index >= 15 is 0 Å². The lowest BCUT2D eigenvalue weighted by Gasteiger charge is -2.02. The summed E-state index contributed by atoms with van der Waals surface area (Å²) in [6.45, 7) is 0. The third kappa shape index (κ3) is 1.75. The van der Waals surface area contributed by atoms with Crippen LogP contribution in [0.15, 0.2) is 47.5 Å². The molecule has 2 heterocycles. The van der Waals surface area contributed by atoms with E-state index in [-0.39, 0.29) is 4.87 Å². The summed E-state index contributed by atoms with van der Waals surface area (Å²) in [6.07, 6.45) is 3.33. The van der Waals surface area contributed by atoms with E-state index in [0.29, 0.717) is 5.02 Å². The van der Waals surface area contributed by atoms with Gasteiger partial charge in [0.25, 0.3) is 0 Å². The van der Waals surface area contributed by atoms with Gasteiger partial charge in [-0.2, -0.15) is 0 Å². The summed E-state index contributed by atoms with van der Waals surface area (Å²) >= 11 is 7.17. The van der Waals surface area contributed by atoms with Crippen molar-refractivity contribution in [2.24, 2.45) is 0 Å². The molecule has 0 aliphatic carbocycles. The van der Waals surface area contributed by atoms with Gasteiger partial charge in [0.2, 0.25) is 0 Å². The number of pyridine rings is 1. The SMILES string of the molecule is O=c1sc2ccc(Cl)cc2n1-c1ccncc1. The fraction of sp³-hybridized carbons (Fsp3) is 0. The molecule has 0 saturated carbocycles. The number of nitrogens with zero attached hydrogens (tertiary/aromatic N) is 2. The minimum Gasteiger partial charge on any atom is -0.267 e. The van der Waals surface area contributed by atoms with Gasteiger partial charge in [0.05, 0.1) is 15.9 Å². The van der Waals surface area contributed by atoms with E-state index in [9.17, 15) is 4.79 Å². The molecule has 0 N–H and O–H groups in total. The molecule has 17 heavy (non-hydrogen) atoms. The van der Waals surface area contributed by atoms with Gasteiger partial charge >= 0.3 is 4.87 Å². The van der Waals surface area contributed by atoms with Crippen LogP contribution in [0.4, 0.5) is 0 Å². The third-order valence-corrected chi connectivity index (χ3v) is 3.62. The second-order valence-corrected chi connectivity index (χ2v) is 4.95. The topological polar surface area (TPSA) is 34.9 Å². The van der Waals surface area contributed by atoms with Crippen LogP contribution in [0.25, 0.3) is 15.9 Å². The Hall–Kier alpha value is -1.65. The van der Waals surface area contributed by atoms with Crippen molar-refractivity contribution in [3.05, 3.63) is 57.4 Å². The summed E-state index contributed by atoms with van der Waals surface area (Å²) < 4.78 is 2.57. The van der Waals surface area contributed by atoms with E-state index in [1.165, 1.54) is 11.3 Å². The number of hydrogen-bond acceptors (Lipinski definition) is 3. The summed E-state index contributed by atoms with van der Waals surface area (Å²) in [4.78, 5) is 15.9. The summed E-state index contributed by atoms with van der Waals surface area (Å²) in [5.74, 6) is 0. The average molecular weight is 263 g/mol. The highest BCUT2D eigenvalue weighted by atomic mass is 35.5. The second-order valence-electron chi connectivity index (χ2n) is 3.52. The lowest BCUT2D eigenvalue weighted by molar-refractivity contribution is 1.08. The Labute approximate surface area is 106 Å². The van der Waals surface area contributed by atoms with E-state index < -0.39 is 0 Å². The first kappa shape index (κ1) is 10.5. The summed E-state index contributed by atoms with van der Waals surface area (Å²) in [5, 5.41) is 0.623. The Morgan fingerprint density at radius 2 is 1.94 bits per heavy atom. The monoisotopic (exact) mass is 262 g/mol. The minimum absolute atomic E-state index is 0.0199. The highest BCUT2D eigenvalue weighted by Crippen LogP contribution is 2.23. The molecule has 3 nitrogen and oxygen atoms in total. The minimum atomic E-state index is -0.0199. The molecule has 5 heteroatoms. The Bertz CT molecular complexity index is 733. The first-order chi connectivity index (χ1) is 8.25. The van der Waals surface area contributed by atoms with Gasteiger partial charge in [0.1, 0.15) is 0 Å². The molecule has 0 spiro atoms. The highest BCUT2D eigenvalue weighted by molar-refractivity contribution is 7.16. The van der Waals surface area contributed by atoms with Crippen molar-refractivity contribution in [1.29, 1.82) is 0 Å². The Morgan fingerprint density at radius 1 is 1.18 bits per heavy atom. The largest absolute Gasteiger partial charge is 0.312 e. The van der Waals surface area contributed by atoms with Crippen LogP contribution in [0.5, 0.6) is 0 Å². The standard InChI is InChI=1S/C12H7ClN2OS/c13-8-1-2-11-10(7-8)15(12(16)17-11)9-3-5-14-6-4-9/h1-7H.